The average Bonchev–Trinajstić information content (AvgIpc) is 2.44. The minimum absolute atomic E-state index is 0.0531. The minimum atomic E-state index is 0.0531. The van der Waals surface area contributed by atoms with Crippen LogP contribution in [0.3, 0.4) is 0 Å². The van der Waals surface area contributed by atoms with Crippen LogP contribution in [0.2, 0.25) is 0 Å². The van der Waals surface area contributed by atoms with Crippen LogP contribution in [0.15, 0.2) is 18.2 Å². The first-order valence-corrected chi connectivity index (χ1v) is 6.67. The van der Waals surface area contributed by atoms with Gasteiger partial charge in [-0.3, -0.25) is 4.79 Å². The van der Waals surface area contributed by atoms with E-state index in [-0.39, 0.29) is 11.5 Å². The van der Waals surface area contributed by atoms with Gasteiger partial charge in [0, 0.05) is 0 Å². The van der Waals surface area contributed by atoms with Crippen LogP contribution in [0.5, 0.6) is 11.5 Å². The molecular formula is C17H16O3. The molecule has 0 heterocycles. The predicted octanol–water partition coefficient (Wildman–Crippen LogP) is 3.29. The van der Waals surface area contributed by atoms with Gasteiger partial charge in [0.15, 0.2) is 6.29 Å². The van der Waals surface area contributed by atoms with Gasteiger partial charge in [-0.25, -0.2) is 0 Å². The predicted molar refractivity (Wildman–Crippen MR) is 77.5 cm³/mol. The van der Waals surface area contributed by atoms with Crippen LogP contribution in [0.25, 0.3) is 11.1 Å². The van der Waals surface area contributed by atoms with E-state index in [4.69, 9.17) is 0 Å². The van der Waals surface area contributed by atoms with Crippen molar-refractivity contribution < 1.29 is 15.0 Å². The molecule has 1 aliphatic rings. The summed E-state index contributed by atoms with van der Waals surface area (Å²) in [6.07, 6.45) is 2.37. The largest absolute Gasteiger partial charge is 0.508 e. The second kappa shape index (κ2) is 4.37. The number of benzene rings is 2. The molecule has 0 atom stereocenters. The Labute approximate surface area is 117 Å². The number of phenolic OH excluding ortho intramolecular Hbond substituents is 2. The number of aromatic hydroxyl groups is 2. The molecule has 3 heteroatoms. The smallest absolute Gasteiger partial charge is 0.154 e. The van der Waals surface area contributed by atoms with Crippen molar-refractivity contribution in [2.75, 3.05) is 0 Å². The van der Waals surface area contributed by atoms with Gasteiger partial charge in [-0.2, -0.15) is 0 Å². The number of fused-ring (bicyclic) bond motifs is 3. The summed E-state index contributed by atoms with van der Waals surface area (Å²) in [4.78, 5) is 11.4. The van der Waals surface area contributed by atoms with Gasteiger partial charge in [-0.15, -0.1) is 0 Å². The topological polar surface area (TPSA) is 57.5 Å². The van der Waals surface area contributed by atoms with Crippen LogP contribution in [-0.2, 0) is 12.8 Å². The van der Waals surface area contributed by atoms with E-state index >= 15 is 0 Å². The van der Waals surface area contributed by atoms with Gasteiger partial charge < -0.3 is 10.2 Å². The van der Waals surface area contributed by atoms with Gasteiger partial charge in [-0.05, 0) is 66.1 Å². The van der Waals surface area contributed by atoms with Crippen molar-refractivity contribution in [3.63, 3.8) is 0 Å². The van der Waals surface area contributed by atoms with Crippen molar-refractivity contribution in [1.29, 1.82) is 0 Å². The quantitative estimate of drug-likeness (QED) is 0.780. The number of hydrogen-bond acceptors (Lipinski definition) is 3. The van der Waals surface area contributed by atoms with Gasteiger partial charge in [-0.1, -0.05) is 12.1 Å². The van der Waals surface area contributed by atoms with Crippen LogP contribution in [0.4, 0.5) is 0 Å². The lowest BCUT2D eigenvalue weighted by molar-refractivity contribution is 0.112. The lowest BCUT2D eigenvalue weighted by atomic mass is 9.80. The molecule has 0 aliphatic heterocycles. The Morgan fingerprint density at radius 1 is 1.15 bits per heavy atom. The van der Waals surface area contributed by atoms with E-state index in [1.807, 2.05) is 19.1 Å². The first-order valence-electron chi connectivity index (χ1n) is 6.67. The maximum Gasteiger partial charge on any atom is 0.154 e. The summed E-state index contributed by atoms with van der Waals surface area (Å²) in [6.45, 7) is 3.69. The summed E-state index contributed by atoms with van der Waals surface area (Å²) in [5, 5.41) is 20.0. The normalized spacial score (nSPS) is 12.7. The molecule has 1 aliphatic carbocycles. The fraction of sp³-hybridized carbons (Fsp3) is 0.235. The van der Waals surface area contributed by atoms with Crippen molar-refractivity contribution >= 4 is 6.29 Å². The van der Waals surface area contributed by atoms with Gasteiger partial charge in [0.25, 0.3) is 0 Å². The molecule has 0 spiro atoms. The van der Waals surface area contributed by atoms with Crippen LogP contribution >= 0.6 is 0 Å². The standard InChI is InChI=1S/C17H16O3/c1-9-7-11-3-4-12-10(2)15(19)6-5-13(12)16(11)14(8-18)17(9)20/h5-8,19-20H,3-4H2,1-2H3. The number of phenols is 2. The molecule has 3 nitrogen and oxygen atoms in total. The Balaban J connectivity index is 2.39. The Hall–Kier alpha value is -2.29. The van der Waals surface area contributed by atoms with Gasteiger partial charge >= 0.3 is 0 Å². The number of aldehydes is 1. The van der Waals surface area contributed by atoms with Gasteiger partial charge in [0.05, 0.1) is 5.56 Å². The zero-order chi connectivity index (χ0) is 14.4. The molecule has 0 aromatic heterocycles. The number of hydrogen-bond donors (Lipinski definition) is 2. The molecule has 0 radical (unpaired) electrons. The van der Waals surface area contributed by atoms with Gasteiger partial charge in [0.2, 0.25) is 0 Å². The SMILES string of the molecule is Cc1cc2c(c(C=O)c1O)-c1ccc(O)c(C)c1CC2. The summed E-state index contributed by atoms with van der Waals surface area (Å²) in [7, 11) is 0. The molecular weight excluding hydrogens is 252 g/mol. The molecule has 0 saturated carbocycles. The highest BCUT2D eigenvalue weighted by molar-refractivity contribution is 5.95. The monoisotopic (exact) mass is 268 g/mol. The number of carbonyl (C=O) groups excluding carboxylic acids is 1. The minimum Gasteiger partial charge on any atom is -0.508 e. The van der Waals surface area contributed by atoms with Gasteiger partial charge in [0.1, 0.15) is 11.5 Å². The van der Waals surface area contributed by atoms with Crippen LogP contribution in [0.1, 0.15) is 32.6 Å². The fourth-order valence-corrected chi connectivity index (χ4v) is 3.10. The van der Waals surface area contributed by atoms with E-state index in [1.165, 1.54) is 0 Å². The van der Waals surface area contributed by atoms with Crippen molar-refractivity contribution in [2.45, 2.75) is 26.7 Å². The van der Waals surface area contributed by atoms with E-state index in [2.05, 4.69) is 0 Å². The molecule has 0 fully saturated rings. The first kappa shape index (κ1) is 12.7. The average molecular weight is 268 g/mol. The Morgan fingerprint density at radius 3 is 2.60 bits per heavy atom. The Bertz CT molecular complexity index is 730. The van der Waals surface area contributed by atoms with E-state index in [0.29, 0.717) is 5.56 Å². The second-order valence-electron chi connectivity index (χ2n) is 5.34. The third-order valence-electron chi connectivity index (χ3n) is 4.21. The highest BCUT2D eigenvalue weighted by atomic mass is 16.3. The second-order valence-corrected chi connectivity index (χ2v) is 5.34. The molecule has 0 saturated heterocycles. The van der Waals surface area contributed by atoms with Crippen LogP contribution < -0.4 is 0 Å². The third kappa shape index (κ3) is 1.63. The van der Waals surface area contributed by atoms with E-state index in [0.717, 1.165) is 52.5 Å². The molecule has 3 rings (SSSR count). The zero-order valence-electron chi connectivity index (χ0n) is 11.5. The Kier molecular flexibility index (Phi) is 2.78. The number of aryl methyl sites for hydroxylation is 2. The van der Waals surface area contributed by atoms with Crippen molar-refractivity contribution in [2.24, 2.45) is 0 Å². The molecule has 0 amide bonds. The molecule has 0 unspecified atom stereocenters. The number of rotatable bonds is 1. The summed E-state index contributed by atoms with van der Waals surface area (Å²) >= 11 is 0. The third-order valence-corrected chi connectivity index (χ3v) is 4.21. The highest BCUT2D eigenvalue weighted by Gasteiger charge is 2.24. The molecule has 2 N–H and O–H groups in total. The van der Waals surface area contributed by atoms with Crippen molar-refractivity contribution in [1.82, 2.24) is 0 Å². The maximum atomic E-state index is 11.4. The van der Waals surface area contributed by atoms with Crippen molar-refractivity contribution in [3.8, 4) is 22.6 Å². The zero-order valence-corrected chi connectivity index (χ0v) is 11.5. The summed E-state index contributed by atoms with van der Waals surface area (Å²) in [5.41, 5.74) is 5.83. The fourth-order valence-electron chi connectivity index (χ4n) is 3.10. The summed E-state index contributed by atoms with van der Waals surface area (Å²) in [6, 6.07) is 5.43. The summed E-state index contributed by atoms with van der Waals surface area (Å²) in [5.74, 6) is 0.327. The number of carbonyl (C=O) groups is 1. The van der Waals surface area contributed by atoms with Crippen LogP contribution in [-0.4, -0.2) is 16.5 Å². The molecule has 2 aromatic carbocycles. The molecule has 0 bridgehead atoms. The first-order chi connectivity index (χ1) is 9.54. The van der Waals surface area contributed by atoms with E-state index in [1.54, 1.807) is 13.0 Å². The molecule has 20 heavy (non-hydrogen) atoms. The van der Waals surface area contributed by atoms with E-state index in [9.17, 15) is 15.0 Å². The summed E-state index contributed by atoms with van der Waals surface area (Å²) < 4.78 is 0. The maximum absolute atomic E-state index is 11.4. The lowest BCUT2D eigenvalue weighted by Crippen LogP contribution is -2.09. The van der Waals surface area contributed by atoms with Crippen molar-refractivity contribution in [3.05, 3.63) is 46.0 Å². The molecule has 2 aromatic rings. The molecule has 102 valence electrons. The van der Waals surface area contributed by atoms with E-state index < -0.39 is 0 Å². The highest BCUT2D eigenvalue weighted by Crippen LogP contribution is 2.42. The lowest BCUT2D eigenvalue weighted by Gasteiger charge is -2.24. The van der Waals surface area contributed by atoms with Crippen LogP contribution in [0, 0.1) is 13.8 Å². The Morgan fingerprint density at radius 2 is 1.90 bits per heavy atom.